The van der Waals surface area contributed by atoms with Crippen LogP contribution in [0.1, 0.15) is 18.0 Å². The molecule has 0 spiro atoms. The molecule has 142 valence electrons. The molecule has 1 fully saturated rings. The third-order valence-electron chi connectivity index (χ3n) is 5.14. The molecule has 8 nitrogen and oxygen atoms in total. The lowest BCUT2D eigenvalue weighted by Gasteiger charge is -2.32. The summed E-state index contributed by atoms with van der Waals surface area (Å²) in [6.45, 7) is 1.42. The van der Waals surface area contributed by atoms with Crippen molar-refractivity contribution in [1.82, 2.24) is 19.9 Å². The quantitative estimate of drug-likeness (QED) is 0.540. The molecule has 5 N–H and O–H groups in total. The molecule has 1 aliphatic rings. The first kappa shape index (κ1) is 17.7. The minimum Gasteiger partial charge on any atom is -0.497 e. The van der Waals surface area contributed by atoms with Crippen LogP contribution in [0.5, 0.6) is 5.75 Å². The van der Waals surface area contributed by atoms with Gasteiger partial charge in [-0.2, -0.15) is 5.10 Å². The largest absolute Gasteiger partial charge is 0.497 e. The van der Waals surface area contributed by atoms with E-state index in [1.165, 1.54) is 6.33 Å². The monoisotopic (exact) mass is 368 g/mol. The zero-order valence-electron chi connectivity index (χ0n) is 15.2. The van der Waals surface area contributed by atoms with Crippen molar-refractivity contribution in [2.24, 2.45) is 11.7 Å². The zero-order valence-corrected chi connectivity index (χ0v) is 15.2. The molecule has 1 aliphatic heterocycles. The first-order valence-electron chi connectivity index (χ1n) is 9.05. The van der Waals surface area contributed by atoms with Crippen molar-refractivity contribution in [3.05, 3.63) is 48.4 Å². The third kappa shape index (κ3) is 3.46. The maximum Gasteiger partial charge on any atom is 0.158 e. The second-order valence-electron chi connectivity index (χ2n) is 6.78. The van der Waals surface area contributed by atoms with E-state index in [0.29, 0.717) is 12.4 Å². The van der Waals surface area contributed by atoms with Gasteiger partial charge in [0.2, 0.25) is 0 Å². The third-order valence-corrected chi connectivity index (χ3v) is 5.14. The van der Waals surface area contributed by atoms with Gasteiger partial charge in [0.15, 0.2) is 5.82 Å². The predicted octanol–water partition coefficient (Wildman–Crippen LogP) is 1.45. The van der Waals surface area contributed by atoms with E-state index in [0.717, 1.165) is 35.5 Å². The van der Waals surface area contributed by atoms with Gasteiger partial charge in [0.25, 0.3) is 0 Å². The number of hydrogen-bond acceptors (Lipinski definition) is 7. The number of ether oxygens (including phenoxy) is 1. The first-order valence-corrected chi connectivity index (χ1v) is 9.05. The van der Waals surface area contributed by atoms with Crippen LogP contribution in [0.3, 0.4) is 0 Å². The Morgan fingerprint density at radius 1 is 1.41 bits per heavy atom. The molecule has 1 unspecified atom stereocenters. The molecule has 0 radical (unpaired) electrons. The Kier molecular flexibility index (Phi) is 4.93. The molecule has 4 rings (SSSR count). The number of aromatic nitrogens is 3. The summed E-state index contributed by atoms with van der Waals surface area (Å²) >= 11 is 0. The van der Waals surface area contributed by atoms with Gasteiger partial charge in [-0.05, 0) is 31.2 Å². The van der Waals surface area contributed by atoms with Crippen LogP contribution >= 0.6 is 0 Å². The number of aliphatic hydroxyl groups is 1. The molecule has 8 heteroatoms. The van der Waals surface area contributed by atoms with Crippen molar-refractivity contribution in [3.8, 4) is 5.75 Å². The van der Waals surface area contributed by atoms with E-state index in [1.54, 1.807) is 11.6 Å². The number of β-amino-alcohol motifs (C(OH)–C–C–N with tert-alkyl or cyclic N) is 1. The van der Waals surface area contributed by atoms with Crippen molar-refractivity contribution in [2.45, 2.75) is 18.6 Å². The van der Waals surface area contributed by atoms with E-state index in [2.05, 4.69) is 20.7 Å². The van der Waals surface area contributed by atoms with Crippen LogP contribution < -0.4 is 21.1 Å². The summed E-state index contributed by atoms with van der Waals surface area (Å²) in [6, 6.07) is 9.30. The van der Waals surface area contributed by atoms with E-state index in [-0.39, 0.29) is 12.0 Å². The van der Waals surface area contributed by atoms with Gasteiger partial charge in [-0.1, -0.05) is 6.07 Å². The van der Waals surface area contributed by atoms with Crippen LogP contribution in [0.4, 0.5) is 11.5 Å². The summed E-state index contributed by atoms with van der Waals surface area (Å²) in [7, 11) is 1.64. The number of rotatable bonds is 5. The van der Waals surface area contributed by atoms with E-state index in [9.17, 15) is 5.11 Å². The number of fused-ring (bicyclic) bond motifs is 1. The van der Waals surface area contributed by atoms with Gasteiger partial charge in [0.1, 0.15) is 17.6 Å². The number of anilines is 2. The fourth-order valence-corrected chi connectivity index (χ4v) is 3.69. The van der Waals surface area contributed by atoms with Gasteiger partial charge in [-0.3, -0.25) is 0 Å². The first-order chi connectivity index (χ1) is 13.2. The average molecular weight is 368 g/mol. The Morgan fingerprint density at radius 2 is 2.30 bits per heavy atom. The second kappa shape index (κ2) is 7.51. The van der Waals surface area contributed by atoms with Crippen molar-refractivity contribution in [3.63, 3.8) is 0 Å². The number of nitrogens with one attached hydrogen (secondary N) is 2. The minimum atomic E-state index is -0.469. The average Bonchev–Trinajstić information content (AvgIpc) is 3.13. The molecule has 3 heterocycles. The van der Waals surface area contributed by atoms with Gasteiger partial charge >= 0.3 is 0 Å². The molecule has 3 atom stereocenters. The lowest BCUT2D eigenvalue weighted by molar-refractivity contribution is 0.0676. The van der Waals surface area contributed by atoms with Crippen molar-refractivity contribution in [2.75, 3.05) is 25.5 Å². The molecular formula is C19H24N6O2. The molecule has 1 saturated heterocycles. The smallest absolute Gasteiger partial charge is 0.158 e. The molecule has 2 aromatic heterocycles. The van der Waals surface area contributed by atoms with Crippen molar-refractivity contribution >= 4 is 17.0 Å². The normalized spacial score (nSPS) is 21.1. The van der Waals surface area contributed by atoms with Gasteiger partial charge in [-0.15, -0.1) is 0 Å². The van der Waals surface area contributed by atoms with Crippen molar-refractivity contribution in [1.29, 1.82) is 0 Å². The van der Waals surface area contributed by atoms with Gasteiger partial charge in [-0.25, -0.2) is 9.50 Å². The number of hydrogen-bond donors (Lipinski definition) is 4. The fraction of sp³-hybridized carbons (Fsp3) is 0.368. The lowest BCUT2D eigenvalue weighted by Crippen LogP contribution is -2.44. The van der Waals surface area contributed by atoms with Crippen LogP contribution in [0.2, 0.25) is 0 Å². The Morgan fingerprint density at radius 3 is 3.11 bits per heavy atom. The SMILES string of the molecule is COc1cccc(Nc2ncnn3ccc(C(N)[C@H]4CCNC[C@@H]4O)c23)c1. The van der Waals surface area contributed by atoms with Crippen LogP contribution in [-0.2, 0) is 0 Å². The van der Waals surface area contributed by atoms with Gasteiger partial charge in [0.05, 0.1) is 13.2 Å². The highest BCUT2D eigenvalue weighted by molar-refractivity contribution is 5.77. The zero-order chi connectivity index (χ0) is 18.8. The van der Waals surface area contributed by atoms with Gasteiger partial charge < -0.3 is 26.2 Å². The number of methoxy groups -OCH3 is 1. The maximum atomic E-state index is 10.4. The fourth-order valence-electron chi connectivity index (χ4n) is 3.69. The molecule has 0 saturated carbocycles. The lowest BCUT2D eigenvalue weighted by atomic mass is 9.85. The number of benzene rings is 1. The number of nitrogens with two attached hydrogens (primary N) is 1. The van der Waals surface area contributed by atoms with Crippen LogP contribution in [0.25, 0.3) is 5.52 Å². The van der Waals surface area contributed by atoms with E-state index >= 15 is 0 Å². The molecule has 27 heavy (non-hydrogen) atoms. The highest BCUT2D eigenvalue weighted by Gasteiger charge is 2.31. The highest BCUT2D eigenvalue weighted by atomic mass is 16.5. The van der Waals surface area contributed by atoms with Gasteiger partial charge in [0, 0.05) is 42.0 Å². The van der Waals surface area contributed by atoms with E-state index in [4.69, 9.17) is 10.5 Å². The predicted molar refractivity (Wildman–Crippen MR) is 103 cm³/mol. The topological polar surface area (TPSA) is 110 Å². The molecule has 0 aliphatic carbocycles. The molecule has 1 aromatic carbocycles. The standard InChI is InChI=1S/C19H24N6O2/c1-27-13-4-2-3-12(9-13)24-19-18-15(6-8-25(18)23-11-22-19)17(20)14-5-7-21-10-16(14)26/h2-4,6,8-9,11,14,16-17,21,26H,5,7,10,20H2,1H3,(H,22,23,24)/t14-,16-,17?/m0/s1. The van der Waals surface area contributed by atoms with Crippen LogP contribution in [-0.4, -0.2) is 46.0 Å². The Labute approximate surface area is 157 Å². The van der Waals surface area contributed by atoms with E-state index in [1.807, 2.05) is 36.5 Å². The highest BCUT2D eigenvalue weighted by Crippen LogP contribution is 2.33. The number of piperidine rings is 1. The Hall–Kier alpha value is -2.68. The van der Waals surface area contributed by atoms with Crippen LogP contribution in [0, 0.1) is 5.92 Å². The molecule has 0 bridgehead atoms. The summed E-state index contributed by atoms with van der Waals surface area (Å²) in [6.07, 6.45) is 3.73. The molecule has 3 aromatic rings. The maximum absolute atomic E-state index is 10.4. The number of aliphatic hydroxyl groups excluding tert-OH is 1. The molecular weight excluding hydrogens is 344 g/mol. The van der Waals surface area contributed by atoms with Crippen LogP contribution in [0.15, 0.2) is 42.9 Å². The summed E-state index contributed by atoms with van der Waals surface area (Å²) < 4.78 is 7.05. The summed E-state index contributed by atoms with van der Waals surface area (Å²) in [5, 5.41) is 21.2. The minimum absolute atomic E-state index is 0.0117. The molecule has 0 amide bonds. The van der Waals surface area contributed by atoms with Crippen molar-refractivity contribution < 1.29 is 9.84 Å². The summed E-state index contributed by atoms with van der Waals surface area (Å²) in [4.78, 5) is 4.42. The second-order valence-corrected chi connectivity index (χ2v) is 6.78. The Bertz CT molecular complexity index is 927. The number of nitrogens with zero attached hydrogens (tertiary/aromatic N) is 3. The summed E-state index contributed by atoms with van der Waals surface area (Å²) in [5.41, 5.74) is 9.17. The van der Waals surface area contributed by atoms with E-state index < -0.39 is 6.10 Å². The summed E-state index contributed by atoms with van der Waals surface area (Å²) in [5.74, 6) is 1.41. The Balaban J connectivity index is 1.70.